The Balaban J connectivity index is 1.70. The van der Waals surface area contributed by atoms with Crippen LogP contribution in [0.3, 0.4) is 0 Å². The van der Waals surface area contributed by atoms with Gasteiger partial charge in [0.15, 0.2) is 0 Å². The van der Waals surface area contributed by atoms with Crippen LogP contribution in [-0.4, -0.2) is 46.7 Å². The Morgan fingerprint density at radius 3 is 2.64 bits per heavy atom. The first-order valence-electron chi connectivity index (χ1n) is 8.65. The number of aromatic nitrogens is 1. The molecular weight excluding hydrogens is 431 g/mol. The maximum Gasteiger partial charge on any atom is 0.270 e. The van der Waals surface area contributed by atoms with Crippen LogP contribution in [0.1, 0.15) is 43.6 Å². The minimum atomic E-state index is -0.635. The average molecular weight is 456 g/mol. The van der Waals surface area contributed by atoms with Gasteiger partial charge in [0, 0.05) is 30.1 Å². The van der Waals surface area contributed by atoms with E-state index in [2.05, 4.69) is 27.6 Å². The third kappa shape index (κ3) is 4.28. The number of hydrogen-bond donors (Lipinski definition) is 2. The molecular formula is C19H25IN2O3. The monoisotopic (exact) mass is 456 g/mol. The van der Waals surface area contributed by atoms with Crippen LogP contribution in [0, 0.1) is 9.49 Å². The first kappa shape index (κ1) is 18.5. The second kappa shape index (κ2) is 7.15. The zero-order valence-corrected chi connectivity index (χ0v) is 17.1. The number of methoxy groups -OCH3 is 1. The quantitative estimate of drug-likeness (QED) is 0.689. The van der Waals surface area contributed by atoms with Gasteiger partial charge in [0.05, 0.1) is 16.3 Å². The van der Waals surface area contributed by atoms with Crippen LogP contribution in [0.25, 0.3) is 10.9 Å². The van der Waals surface area contributed by atoms with Crippen LogP contribution in [0.4, 0.5) is 0 Å². The van der Waals surface area contributed by atoms with Crippen LogP contribution in [0.5, 0.6) is 5.75 Å². The minimum absolute atomic E-state index is 0.0480. The largest absolute Gasteiger partial charge is 0.496 e. The van der Waals surface area contributed by atoms with Crippen LogP contribution < -0.4 is 4.74 Å². The van der Waals surface area contributed by atoms with E-state index < -0.39 is 5.60 Å². The predicted molar refractivity (Wildman–Crippen MR) is 107 cm³/mol. The van der Waals surface area contributed by atoms with Gasteiger partial charge < -0.3 is 19.7 Å². The highest BCUT2D eigenvalue weighted by molar-refractivity contribution is 14.1. The van der Waals surface area contributed by atoms with Crippen molar-refractivity contribution < 1.29 is 14.6 Å². The molecule has 0 atom stereocenters. The van der Waals surface area contributed by atoms with Crippen molar-refractivity contribution in [2.75, 3.05) is 20.2 Å². The van der Waals surface area contributed by atoms with Gasteiger partial charge >= 0.3 is 0 Å². The molecule has 3 rings (SSSR count). The van der Waals surface area contributed by atoms with Crippen molar-refractivity contribution in [3.05, 3.63) is 27.5 Å². The molecule has 1 amide bonds. The number of rotatable bonds is 4. The van der Waals surface area contributed by atoms with Crippen molar-refractivity contribution in [3.8, 4) is 5.75 Å². The maximum absolute atomic E-state index is 12.8. The van der Waals surface area contributed by atoms with E-state index in [0.717, 1.165) is 52.6 Å². The molecule has 1 aromatic heterocycles. The van der Waals surface area contributed by atoms with Crippen LogP contribution in [-0.2, 0) is 0 Å². The number of hydrogen-bond acceptors (Lipinski definition) is 3. The number of carbonyl (C=O) groups is 1. The van der Waals surface area contributed by atoms with Crippen LogP contribution in [0.15, 0.2) is 18.2 Å². The summed E-state index contributed by atoms with van der Waals surface area (Å²) in [7, 11) is 1.65. The van der Waals surface area contributed by atoms with Crippen LogP contribution >= 0.6 is 22.6 Å². The average Bonchev–Trinajstić information content (AvgIpc) is 2.95. The van der Waals surface area contributed by atoms with Crippen molar-refractivity contribution in [1.29, 1.82) is 0 Å². The van der Waals surface area contributed by atoms with Gasteiger partial charge in [0.2, 0.25) is 0 Å². The summed E-state index contributed by atoms with van der Waals surface area (Å²) in [5.41, 5.74) is 0.905. The Hall–Kier alpha value is -1.28. The predicted octanol–water partition coefficient (Wildman–Crippen LogP) is 3.79. The van der Waals surface area contributed by atoms with Crippen molar-refractivity contribution >= 4 is 39.4 Å². The molecule has 136 valence electrons. The molecule has 1 saturated heterocycles. The molecule has 0 spiro atoms. The fourth-order valence-electron chi connectivity index (χ4n) is 3.62. The highest BCUT2D eigenvalue weighted by atomic mass is 127. The molecule has 1 aliphatic heterocycles. The maximum atomic E-state index is 12.8. The van der Waals surface area contributed by atoms with Crippen LogP contribution in [0.2, 0.25) is 0 Å². The topological polar surface area (TPSA) is 65.6 Å². The van der Waals surface area contributed by atoms with Gasteiger partial charge in [-0.1, -0.05) is 0 Å². The van der Waals surface area contributed by atoms with Gasteiger partial charge in [-0.15, -0.1) is 0 Å². The summed E-state index contributed by atoms with van der Waals surface area (Å²) in [5, 5.41) is 11.0. The third-order valence-electron chi connectivity index (χ3n) is 4.81. The Kier molecular flexibility index (Phi) is 5.29. The highest BCUT2D eigenvalue weighted by Crippen LogP contribution is 2.29. The number of fused-ring (bicyclic) bond motifs is 1. The standard InChI is InChI=1S/C19H25IN2O3/c1-19(2,24)11-12-4-6-22(7-5-12)18(23)16-9-13-8-14(20)17(25-3)10-15(13)21-16/h8-10,12,21,24H,4-7,11H2,1-3H3. The van der Waals surface area contributed by atoms with E-state index in [9.17, 15) is 9.90 Å². The lowest BCUT2D eigenvalue weighted by atomic mass is 9.86. The molecule has 0 radical (unpaired) electrons. The number of benzene rings is 1. The van der Waals surface area contributed by atoms with Gasteiger partial charge in [0.25, 0.3) is 5.91 Å². The summed E-state index contributed by atoms with van der Waals surface area (Å²) in [4.78, 5) is 18.0. The first-order chi connectivity index (χ1) is 11.8. The molecule has 0 aliphatic carbocycles. The normalized spacial score (nSPS) is 16.4. The summed E-state index contributed by atoms with van der Waals surface area (Å²) in [6.45, 7) is 5.20. The lowest BCUT2D eigenvalue weighted by molar-refractivity contribution is 0.0357. The Morgan fingerprint density at radius 1 is 1.36 bits per heavy atom. The van der Waals surface area contributed by atoms with Crippen molar-refractivity contribution in [2.45, 2.75) is 38.7 Å². The molecule has 0 saturated carbocycles. The molecule has 0 bridgehead atoms. The number of amides is 1. The molecule has 1 aromatic carbocycles. The molecule has 6 heteroatoms. The number of carbonyl (C=O) groups excluding carboxylic acids is 1. The van der Waals surface area contributed by atoms with Gasteiger partial charge in [0.1, 0.15) is 11.4 Å². The van der Waals surface area contributed by atoms with E-state index in [1.54, 1.807) is 7.11 Å². The van der Waals surface area contributed by atoms with E-state index in [0.29, 0.717) is 11.6 Å². The summed E-state index contributed by atoms with van der Waals surface area (Å²) >= 11 is 2.24. The molecule has 2 aromatic rings. The molecule has 0 unspecified atom stereocenters. The number of halogens is 1. The van der Waals surface area contributed by atoms with Gasteiger partial charge in [-0.3, -0.25) is 4.79 Å². The second-order valence-corrected chi connectivity index (χ2v) is 8.67. The van der Waals surface area contributed by atoms with E-state index in [1.807, 2.05) is 36.9 Å². The lowest BCUT2D eigenvalue weighted by Gasteiger charge is -2.34. The molecule has 5 nitrogen and oxygen atoms in total. The van der Waals surface area contributed by atoms with Gasteiger partial charge in [-0.2, -0.15) is 0 Å². The number of likely N-dealkylation sites (tertiary alicyclic amines) is 1. The second-order valence-electron chi connectivity index (χ2n) is 7.51. The zero-order valence-electron chi connectivity index (χ0n) is 14.9. The molecule has 2 heterocycles. The number of aromatic amines is 1. The fourth-order valence-corrected chi connectivity index (χ4v) is 4.33. The van der Waals surface area contributed by atoms with E-state index >= 15 is 0 Å². The smallest absolute Gasteiger partial charge is 0.270 e. The number of nitrogens with zero attached hydrogens (tertiary/aromatic N) is 1. The third-order valence-corrected chi connectivity index (χ3v) is 5.66. The summed E-state index contributed by atoms with van der Waals surface area (Å²) < 4.78 is 6.37. The molecule has 25 heavy (non-hydrogen) atoms. The van der Waals surface area contributed by atoms with E-state index in [-0.39, 0.29) is 5.91 Å². The molecule has 1 aliphatic rings. The van der Waals surface area contributed by atoms with Crippen molar-refractivity contribution in [1.82, 2.24) is 9.88 Å². The molecule has 2 N–H and O–H groups in total. The lowest BCUT2D eigenvalue weighted by Crippen LogP contribution is -2.40. The first-order valence-corrected chi connectivity index (χ1v) is 9.72. The van der Waals surface area contributed by atoms with Crippen molar-refractivity contribution in [2.24, 2.45) is 5.92 Å². The van der Waals surface area contributed by atoms with Gasteiger partial charge in [-0.05, 0) is 73.8 Å². The molecule has 1 fully saturated rings. The number of aliphatic hydroxyl groups is 1. The Labute approximate surface area is 161 Å². The Bertz CT molecular complexity index is 771. The number of ether oxygens (including phenoxy) is 1. The fraction of sp³-hybridized carbons (Fsp3) is 0.526. The summed E-state index contributed by atoms with van der Waals surface area (Å²) in [6, 6.07) is 5.88. The minimum Gasteiger partial charge on any atom is -0.496 e. The zero-order chi connectivity index (χ0) is 18.2. The highest BCUT2D eigenvalue weighted by Gasteiger charge is 2.28. The number of H-pyrrole nitrogens is 1. The Morgan fingerprint density at radius 2 is 2.04 bits per heavy atom. The SMILES string of the molecule is COc1cc2[nH]c(C(=O)N3CCC(CC(C)(C)O)CC3)cc2cc1I. The number of piperidine rings is 1. The summed E-state index contributed by atoms with van der Waals surface area (Å²) in [6.07, 6.45) is 2.68. The van der Waals surface area contributed by atoms with Crippen molar-refractivity contribution in [3.63, 3.8) is 0 Å². The van der Waals surface area contributed by atoms with E-state index in [4.69, 9.17) is 4.74 Å². The summed E-state index contributed by atoms with van der Waals surface area (Å²) in [5.74, 6) is 1.34. The van der Waals surface area contributed by atoms with E-state index in [1.165, 1.54) is 0 Å². The number of nitrogens with one attached hydrogen (secondary N) is 1. The van der Waals surface area contributed by atoms with Gasteiger partial charge in [-0.25, -0.2) is 0 Å².